The molecule has 2 aromatic rings. The van der Waals surface area contributed by atoms with Gasteiger partial charge in [0, 0.05) is 24.4 Å². The molecule has 4 rings (SSSR count). The molecule has 2 aliphatic rings. The number of hydrogen-bond donors (Lipinski definition) is 3. The molecule has 0 heterocycles. The number of rotatable bonds is 9. The highest BCUT2D eigenvalue weighted by molar-refractivity contribution is 5.81. The van der Waals surface area contributed by atoms with Crippen molar-refractivity contribution in [2.24, 2.45) is 17.8 Å². The number of alkyl carbamates (subject to hydrolysis) is 1. The maximum absolute atomic E-state index is 12.9. The maximum Gasteiger partial charge on any atom is 0.407 e. The van der Waals surface area contributed by atoms with Crippen molar-refractivity contribution < 1.29 is 24.2 Å². The van der Waals surface area contributed by atoms with Crippen LogP contribution < -0.4 is 10.6 Å². The molecule has 2 amide bonds. The van der Waals surface area contributed by atoms with Crippen molar-refractivity contribution in [2.45, 2.75) is 51.5 Å². The predicted octanol–water partition coefficient (Wildman–Crippen LogP) is 4.56. The number of carboxylic acids is 1. The van der Waals surface area contributed by atoms with E-state index in [0.717, 1.165) is 30.4 Å². The molecule has 1 fully saturated rings. The molecular weight excluding hydrogens is 444 g/mol. The van der Waals surface area contributed by atoms with Crippen molar-refractivity contribution in [3.63, 3.8) is 0 Å². The summed E-state index contributed by atoms with van der Waals surface area (Å²) in [7, 11) is 0. The maximum atomic E-state index is 12.9. The van der Waals surface area contributed by atoms with E-state index in [0.29, 0.717) is 6.54 Å². The van der Waals surface area contributed by atoms with Crippen LogP contribution in [0.5, 0.6) is 0 Å². The Morgan fingerprint density at radius 2 is 1.63 bits per heavy atom. The molecule has 35 heavy (non-hydrogen) atoms. The second kappa shape index (κ2) is 10.9. The summed E-state index contributed by atoms with van der Waals surface area (Å²) in [6, 6.07) is 16.0. The van der Waals surface area contributed by atoms with Gasteiger partial charge in [-0.25, -0.2) is 4.79 Å². The zero-order chi connectivity index (χ0) is 24.9. The summed E-state index contributed by atoms with van der Waals surface area (Å²) < 4.78 is 5.62. The van der Waals surface area contributed by atoms with Crippen LogP contribution in [0.2, 0.25) is 0 Å². The lowest BCUT2D eigenvalue weighted by Crippen LogP contribution is -2.45. The minimum atomic E-state index is -0.927. The molecule has 0 radical (unpaired) electrons. The van der Waals surface area contributed by atoms with Crippen LogP contribution in [0.15, 0.2) is 48.5 Å². The first kappa shape index (κ1) is 24.8. The summed E-state index contributed by atoms with van der Waals surface area (Å²) in [5.74, 6) is -1.26. The van der Waals surface area contributed by atoms with Gasteiger partial charge in [0.2, 0.25) is 5.91 Å². The molecule has 0 saturated heterocycles. The molecule has 2 unspecified atom stereocenters. The first-order chi connectivity index (χ1) is 16.8. The Hall–Kier alpha value is -3.35. The van der Waals surface area contributed by atoms with E-state index >= 15 is 0 Å². The molecular formula is C28H34N2O5. The minimum absolute atomic E-state index is 0.000332. The van der Waals surface area contributed by atoms with Gasteiger partial charge in [0.1, 0.15) is 6.61 Å². The highest BCUT2D eigenvalue weighted by Gasteiger charge is 2.35. The normalized spacial score (nSPS) is 19.6. The Bertz CT molecular complexity index is 1040. The third-order valence-electron chi connectivity index (χ3n) is 7.38. The van der Waals surface area contributed by atoms with Gasteiger partial charge < -0.3 is 20.5 Å². The van der Waals surface area contributed by atoms with Gasteiger partial charge in [-0.1, -0.05) is 68.8 Å². The molecule has 2 aliphatic carbocycles. The number of benzene rings is 2. The Morgan fingerprint density at radius 1 is 1.00 bits per heavy atom. The number of carbonyl (C=O) groups is 3. The van der Waals surface area contributed by atoms with Gasteiger partial charge in [-0.15, -0.1) is 0 Å². The molecule has 3 atom stereocenters. The summed E-state index contributed by atoms with van der Waals surface area (Å²) in [5, 5.41) is 14.9. The second-order valence-corrected chi connectivity index (χ2v) is 9.96. The number of carboxylic acid groups (broad SMARTS) is 1. The van der Waals surface area contributed by atoms with Crippen LogP contribution >= 0.6 is 0 Å². The van der Waals surface area contributed by atoms with E-state index in [4.69, 9.17) is 9.84 Å². The molecule has 7 nitrogen and oxygen atoms in total. The van der Waals surface area contributed by atoms with Crippen LogP contribution in [-0.4, -0.2) is 42.3 Å². The van der Waals surface area contributed by atoms with Gasteiger partial charge in [0.05, 0.1) is 6.42 Å². The lowest BCUT2D eigenvalue weighted by atomic mass is 9.93. The molecule has 0 aromatic heterocycles. The Morgan fingerprint density at radius 3 is 2.23 bits per heavy atom. The van der Waals surface area contributed by atoms with E-state index in [-0.39, 0.29) is 42.6 Å². The first-order valence-electron chi connectivity index (χ1n) is 12.5. The number of amides is 2. The third kappa shape index (κ3) is 5.66. The lowest BCUT2D eigenvalue weighted by Gasteiger charge is -2.25. The van der Waals surface area contributed by atoms with E-state index < -0.39 is 18.1 Å². The van der Waals surface area contributed by atoms with Crippen LogP contribution in [0.25, 0.3) is 11.1 Å². The summed E-state index contributed by atoms with van der Waals surface area (Å²) in [4.78, 5) is 36.6. The monoisotopic (exact) mass is 478 g/mol. The summed E-state index contributed by atoms with van der Waals surface area (Å²) in [6.45, 7) is 4.41. The van der Waals surface area contributed by atoms with E-state index in [2.05, 4.69) is 34.9 Å². The summed E-state index contributed by atoms with van der Waals surface area (Å²) in [5.41, 5.74) is 4.68. The van der Waals surface area contributed by atoms with Crippen LogP contribution in [-0.2, 0) is 14.3 Å². The van der Waals surface area contributed by atoms with Crippen molar-refractivity contribution in [1.29, 1.82) is 0 Å². The molecule has 186 valence electrons. The van der Waals surface area contributed by atoms with Crippen molar-refractivity contribution in [3.05, 3.63) is 59.7 Å². The van der Waals surface area contributed by atoms with Crippen molar-refractivity contribution >= 4 is 18.0 Å². The van der Waals surface area contributed by atoms with Crippen LogP contribution in [0, 0.1) is 17.8 Å². The standard InChI is InChI=1S/C28H34N2O5/c1-17(2)25(14-26(31)32)30-27(33)19-13-7-8-18(19)15-29-28(34)35-16-24-22-11-5-3-9-20(22)21-10-4-6-12-23(21)24/h3-6,9-12,17-19,24-25H,7-8,13-16H2,1-2H3,(H,29,34)(H,30,33)(H,31,32)/t18?,19?,25-/m1/s1. The van der Waals surface area contributed by atoms with Gasteiger partial charge in [0.15, 0.2) is 0 Å². The quantitative estimate of drug-likeness (QED) is 0.490. The van der Waals surface area contributed by atoms with E-state index in [1.807, 2.05) is 38.1 Å². The second-order valence-electron chi connectivity index (χ2n) is 9.96. The smallest absolute Gasteiger partial charge is 0.407 e. The Balaban J connectivity index is 1.30. The van der Waals surface area contributed by atoms with Crippen molar-refractivity contribution in [3.8, 4) is 11.1 Å². The average Bonchev–Trinajstić information content (AvgIpc) is 3.43. The van der Waals surface area contributed by atoms with Crippen LogP contribution in [0.1, 0.15) is 56.6 Å². The predicted molar refractivity (Wildman–Crippen MR) is 133 cm³/mol. The number of carbonyl (C=O) groups excluding carboxylic acids is 2. The van der Waals surface area contributed by atoms with Gasteiger partial charge in [0.25, 0.3) is 0 Å². The fourth-order valence-corrected chi connectivity index (χ4v) is 5.42. The molecule has 2 aromatic carbocycles. The number of aliphatic carboxylic acids is 1. The Kier molecular flexibility index (Phi) is 7.73. The number of ether oxygens (including phenoxy) is 1. The number of nitrogens with one attached hydrogen (secondary N) is 2. The van der Waals surface area contributed by atoms with E-state index in [1.165, 1.54) is 11.1 Å². The molecule has 0 spiro atoms. The van der Waals surface area contributed by atoms with E-state index in [9.17, 15) is 14.4 Å². The fourth-order valence-electron chi connectivity index (χ4n) is 5.42. The fraction of sp³-hybridized carbons (Fsp3) is 0.464. The average molecular weight is 479 g/mol. The molecule has 0 aliphatic heterocycles. The van der Waals surface area contributed by atoms with Gasteiger partial charge >= 0.3 is 12.1 Å². The van der Waals surface area contributed by atoms with E-state index in [1.54, 1.807) is 0 Å². The number of hydrogen-bond acceptors (Lipinski definition) is 4. The highest BCUT2D eigenvalue weighted by Crippen LogP contribution is 2.44. The summed E-state index contributed by atoms with van der Waals surface area (Å²) in [6.07, 6.45) is 1.90. The van der Waals surface area contributed by atoms with Gasteiger partial charge in [-0.3, -0.25) is 9.59 Å². The zero-order valence-corrected chi connectivity index (χ0v) is 20.3. The molecule has 0 bridgehead atoms. The first-order valence-corrected chi connectivity index (χ1v) is 12.5. The summed E-state index contributed by atoms with van der Waals surface area (Å²) >= 11 is 0. The zero-order valence-electron chi connectivity index (χ0n) is 20.3. The Labute approximate surface area is 206 Å². The van der Waals surface area contributed by atoms with Gasteiger partial charge in [-0.2, -0.15) is 0 Å². The molecule has 1 saturated carbocycles. The molecule has 3 N–H and O–H groups in total. The largest absolute Gasteiger partial charge is 0.481 e. The highest BCUT2D eigenvalue weighted by atomic mass is 16.5. The van der Waals surface area contributed by atoms with Crippen LogP contribution in [0.3, 0.4) is 0 Å². The van der Waals surface area contributed by atoms with Crippen molar-refractivity contribution in [2.75, 3.05) is 13.2 Å². The topological polar surface area (TPSA) is 105 Å². The van der Waals surface area contributed by atoms with Crippen LogP contribution in [0.4, 0.5) is 4.79 Å². The number of fused-ring (bicyclic) bond motifs is 3. The SMILES string of the molecule is CC(C)[C@@H](CC(=O)O)NC(=O)C1CCCC1CNC(=O)OCC1c2ccccc2-c2ccccc21. The molecule has 7 heteroatoms. The van der Waals surface area contributed by atoms with Crippen molar-refractivity contribution in [1.82, 2.24) is 10.6 Å². The third-order valence-corrected chi connectivity index (χ3v) is 7.38. The lowest BCUT2D eigenvalue weighted by molar-refractivity contribution is -0.138. The minimum Gasteiger partial charge on any atom is -0.481 e. The van der Waals surface area contributed by atoms with Gasteiger partial charge in [-0.05, 0) is 46.9 Å².